The van der Waals surface area contributed by atoms with Crippen molar-refractivity contribution in [1.82, 2.24) is 0 Å². The quantitative estimate of drug-likeness (QED) is 0.904. The summed E-state index contributed by atoms with van der Waals surface area (Å²) >= 11 is 3.56. The molecule has 0 radical (unpaired) electrons. The first-order valence-electron chi connectivity index (χ1n) is 6.05. The van der Waals surface area contributed by atoms with E-state index >= 15 is 0 Å². The Balaban J connectivity index is 3.26. The molecule has 0 bridgehead atoms. The Morgan fingerprint density at radius 1 is 1.33 bits per heavy atom. The second kappa shape index (κ2) is 5.93. The van der Waals surface area contributed by atoms with Gasteiger partial charge in [0.05, 0.1) is 13.2 Å². The number of nitrogens with two attached hydrogens (primary N) is 1. The molecule has 3 nitrogen and oxygen atoms in total. The number of methoxy groups -OCH3 is 1. The summed E-state index contributed by atoms with van der Waals surface area (Å²) in [6, 6.07) is 3.86. The summed E-state index contributed by atoms with van der Waals surface area (Å²) < 4.78 is 12.3. The van der Waals surface area contributed by atoms with Gasteiger partial charge >= 0.3 is 0 Å². The standard InChI is InChI=1S/C14H22BrNO2/c1-9(2)18-13-10(8-14(3,4)16)11(15)6-7-12(13)17-5/h6-7,9H,8,16H2,1-5H3. The Kier molecular flexibility index (Phi) is 5.05. The molecule has 0 spiro atoms. The topological polar surface area (TPSA) is 44.5 Å². The first-order valence-corrected chi connectivity index (χ1v) is 6.85. The Hall–Kier alpha value is -0.740. The number of halogens is 1. The zero-order chi connectivity index (χ0) is 13.9. The molecule has 0 heterocycles. The van der Waals surface area contributed by atoms with E-state index < -0.39 is 0 Å². The normalized spacial score (nSPS) is 11.8. The molecule has 18 heavy (non-hydrogen) atoms. The van der Waals surface area contributed by atoms with Crippen LogP contribution in [0.1, 0.15) is 33.3 Å². The highest BCUT2D eigenvalue weighted by Crippen LogP contribution is 2.38. The second-order valence-corrected chi connectivity index (χ2v) is 6.24. The lowest BCUT2D eigenvalue weighted by molar-refractivity contribution is 0.226. The highest BCUT2D eigenvalue weighted by molar-refractivity contribution is 9.10. The second-order valence-electron chi connectivity index (χ2n) is 5.39. The van der Waals surface area contributed by atoms with Crippen LogP contribution < -0.4 is 15.2 Å². The van der Waals surface area contributed by atoms with Gasteiger partial charge in [-0.25, -0.2) is 0 Å². The molecule has 2 N–H and O–H groups in total. The van der Waals surface area contributed by atoms with Gasteiger partial charge in [0, 0.05) is 15.6 Å². The number of hydrogen-bond donors (Lipinski definition) is 1. The summed E-state index contributed by atoms with van der Waals surface area (Å²) in [4.78, 5) is 0. The van der Waals surface area contributed by atoms with Crippen LogP contribution in [0.5, 0.6) is 11.5 Å². The van der Waals surface area contributed by atoms with E-state index in [0.29, 0.717) is 6.42 Å². The van der Waals surface area contributed by atoms with Crippen LogP contribution in [0.25, 0.3) is 0 Å². The molecule has 0 saturated heterocycles. The number of hydrogen-bond acceptors (Lipinski definition) is 3. The van der Waals surface area contributed by atoms with Gasteiger partial charge in [-0.2, -0.15) is 0 Å². The van der Waals surface area contributed by atoms with Crippen molar-refractivity contribution < 1.29 is 9.47 Å². The molecule has 1 rings (SSSR count). The first kappa shape index (κ1) is 15.3. The van der Waals surface area contributed by atoms with E-state index in [0.717, 1.165) is 21.5 Å². The molecule has 0 amide bonds. The lowest BCUT2D eigenvalue weighted by Crippen LogP contribution is -2.34. The lowest BCUT2D eigenvalue weighted by Gasteiger charge is -2.24. The van der Waals surface area contributed by atoms with Crippen molar-refractivity contribution in [3.63, 3.8) is 0 Å². The van der Waals surface area contributed by atoms with Crippen molar-refractivity contribution in [2.45, 2.75) is 45.8 Å². The zero-order valence-corrected chi connectivity index (χ0v) is 13.3. The van der Waals surface area contributed by atoms with Crippen LogP contribution in [0.4, 0.5) is 0 Å². The predicted octanol–water partition coefficient (Wildman–Crippen LogP) is 3.52. The van der Waals surface area contributed by atoms with E-state index in [-0.39, 0.29) is 11.6 Å². The molecule has 102 valence electrons. The number of ether oxygens (including phenoxy) is 2. The van der Waals surface area contributed by atoms with Crippen molar-refractivity contribution in [3.05, 3.63) is 22.2 Å². The average molecular weight is 316 g/mol. The van der Waals surface area contributed by atoms with Crippen LogP contribution in [0.2, 0.25) is 0 Å². The fourth-order valence-electron chi connectivity index (χ4n) is 1.73. The van der Waals surface area contributed by atoms with Gasteiger partial charge in [0.1, 0.15) is 0 Å². The van der Waals surface area contributed by atoms with E-state index in [1.165, 1.54) is 0 Å². The highest BCUT2D eigenvalue weighted by atomic mass is 79.9. The number of rotatable bonds is 5. The van der Waals surface area contributed by atoms with Gasteiger partial charge in [-0.3, -0.25) is 0 Å². The van der Waals surface area contributed by atoms with E-state index in [1.54, 1.807) is 7.11 Å². The third-order valence-electron chi connectivity index (χ3n) is 2.37. The van der Waals surface area contributed by atoms with Gasteiger partial charge in [0.25, 0.3) is 0 Å². The molecule has 0 aliphatic carbocycles. The van der Waals surface area contributed by atoms with Crippen molar-refractivity contribution >= 4 is 15.9 Å². The molecule has 1 aromatic carbocycles. The van der Waals surface area contributed by atoms with Crippen LogP contribution in [0.3, 0.4) is 0 Å². The Bertz CT molecular complexity index is 411. The molecule has 0 aliphatic heterocycles. The van der Waals surface area contributed by atoms with Crippen LogP contribution in [0.15, 0.2) is 16.6 Å². The largest absolute Gasteiger partial charge is 0.493 e. The molecule has 0 unspecified atom stereocenters. The van der Waals surface area contributed by atoms with Crippen molar-refractivity contribution in [3.8, 4) is 11.5 Å². The Labute approximate surface area is 118 Å². The first-order chi connectivity index (χ1) is 8.24. The minimum atomic E-state index is -0.302. The van der Waals surface area contributed by atoms with Crippen LogP contribution in [-0.4, -0.2) is 18.8 Å². The van der Waals surface area contributed by atoms with Gasteiger partial charge in [-0.05, 0) is 46.2 Å². The maximum Gasteiger partial charge on any atom is 0.165 e. The van der Waals surface area contributed by atoms with E-state index in [9.17, 15) is 0 Å². The van der Waals surface area contributed by atoms with Crippen LogP contribution in [-0.2, 0) is 6.42 Å². The summed E-state index contributed by atoms with van der Waals surface area (Å²) in [5.74, 6) is 1.52. The maximum absolute atomic E-state index is 6.11. The van der Waals surface area contributed by atoms with Crippen LogP contribution >= 0.6 is 15.9 Å². The third kappa shape index (κ3) is 4.18. The summed E-state index contributed by atoms with van der Waals surface area (Å²) in [5.41, 5.74) is 6.86. The maximum atomic E-state index is 6.11. The summed E-state index contributed by atoms with van der Waals surface area (Å²) in [6.45, 7) is 7.99. The van der Waals surface area contributed by atoms with Crippen molar-refractivity contribution in [1.29, 1.82) is 0 Å². The van der Waals surface area contributed by atoms with E-state index in [2.05, 4.69) is 15.9 Å². The van der Waals surface area contributed by atoms with Crippen molar-refractivity contribution in [2.75, 3.05) is 7.11 Å². The summed E-state index contributed by atoms with van der Waals surface area (Å²) in [7, 11) is 1.65. The predicted molar refractivity (Wildman–Crippen MR) is 78.4 cm³/mol. The fraction of sp³-hybridized carbons (Fsp3) is 0.571. The molecule has 0 aliphatic rings. The minimum Gasteiger partial charge on any atom is -0.493 e. The molecular weight excluding hydrogens is 294 g/mol. The molecule has 1 aromatic rings. The van der Waals surface area contributed by atoms with Crippen LogP contribution in [0, 0.1) is 0 Å². The van der Waals surface area contributed by atoms with Gasteiger partial charge in [0.15, 0.2) is 11.5 Å². The number of benzene rings is 1. The van der Waals surface area contributed by atoms with Gasteiger partial charge in [0.2, 0.25) is 0 Å². The fourth-order valence-corrected chi connectivity index (χ4v) is 2.18. The highest BCUT2D eigenvalue weighted by Gasteiger charge is 2.21. The van der Waals surface area contributed by atoms with Gasteiger partial charge in [-0.15, -0.1) is 0 Å². The Morgan fingerprint density at radius 2 is 1.94 bits per heavy atom. The Morgan fingerprint density at radius 3 is 2.39 bits per heavy atom. The van der Waals surface area contributed by atoms with E-state index in [4.69, 9.17) is 15.2 Å². The smallest absolute Gasteiger partial charge is 0.165 e. The summed E-state index contributed by atoms with van der Waals surface area (Å²) in [5, 5.41) is 0. The van der Waals surface area contributed by atoms with Gasteiger partial charge < -0.3 is 15.2 Å². The molecule has 4 heteroatoms. The average Bonchev–Trinajstić information content (AvgIpc) is 2.21. The molecule has 0 fully saturated rings. The molecule has 0 saturated carbocycles. The SMILES string of the molecule is COc1ccc(Br)c(CC(C)(C)N)c1OC(C)C. The molecule has 0 aromatic heterocycles. The monoisotopic (exact) mass is 315 g/mol. The molecular formula is C14H22BrNO2. The third-order valence-corrected chi connectivity index (χ3v) is 3.12. The van der Waals surface area contributed by atoms with Crippen molar-refractivity contribution in [2.24, 2.45) is 5.73 Å². The summed E-state index contributed by atoms with van der Waals surface area (Å²) in [6.07, 6.45) is 0.806. The minimum absolute atomic E-state index is 0.0906. The zero-order valence-electron chi connectivity index (χ0n) is 11.7. The van der Waals surface area contributed by atoms with E-state index in [1.807, 2.05) is 39.8 Å². The van der Waals surface area contributed by atoms with Gasteiger partial charge in [-0.1, -0.05) is 15.9 Å². The lowest BCUT2D eigenvalue weighted by atomic mass is 9.95. The molecule has 0 atom stereocenters.